The smallest absolute Gasteiger partial charge is 0.331 e. The van der Waals surface area contributed by atoms with Crippen molar-refractivity contribution in [2.45, 2.75) is 19.0 Å². The quantitative estimate of drug-likeness (QED) is 0.642. The highest BCUT2D eigenvalue weighted by atomic mass is 16.3. The Bertz CT molecular complexity index is 1050. The van der Waals surface area contributed by atoms with Crippen molar-refractivity contribution >= 4 is 0 Å². The third-order valence-corrected chi connectivity index (χ3v) is 4.91. The molecule has 0 unspecified atom stereocenters. The van der Waals surface area contributed by atoms with Gasteiger partial charge in [0.1, 0.15) is 11.6 Å². The number of nitrogens with one attached hydrogen (secondary N) is 1. The predicted molar refractivity (Wildman–Crippen MR) is 97.3 cm³/mol. The average molecular weight is 350 g/mol. The number of fused-ring (bicyclic) bond motifs is 1. The summed E-state index contributed by atoms with van der Waals surface area (Å²) in [4.78, 5) is 27.2. The van der Waals surface area contributed by atoms with Crippen molar-refractivity contribution in [1.29, 1.82) is 0 Å². The van der Waals surface area contributed by atoms with Crippen LogP contribution in [0.15, 0.2) is 64.2 Å². The molecular formula is C20H20N3O3+. The molecule has 3 aromatic rings. The highest BCUT2D eigenvalue weighted by Crippen LogP contribution is 2.27. The third-order valence-electron chi connectivity index (χ3n) is 4.91. The topological polar surface area (TPSA) is 91.7 Å². The van der Waals surface area contributed by atoms with Gasteiger partial charge in [-0.2, -0.15) is 0 Å². The number of aromatic amines is 1. The van der Waals surface area contributed by atoms with Gasteiger partial charge in [-0.1, -0.05) is 54.6 Å². The molecule has 0 saturated heterocycles. The Kier molecular flexibility index (Phi) is 4.18. The van der Waals surface area contributed by atoms with Gasteiger partial charge in [-0.05, 0) is 11.1 Å². The van der Waals surface area contributed by atoms with Gasteiger partial charge >= 0.3 is 5.69 Å². The lowest BCUT2D eigenvalue weighted by Crippen LogP contribution is -2.87. The number of quaternary nitrogens is 1. The number of nitrogens with two attached hydrogens (primary N) is 1. The van der Waals surface area contributed by atoms with E-state index < -0.39 is 11.2 Å². The summed E-state index contributed by atoms with van der Waals surface area (Å²) in [6, 6.07) is 17.0. The number of H-pyrrole nitrogens is 1. The molecule has 0 fully saturated rings. The van der Waals surface area contributed by atoms with E-state index in [9.17, 15) is 14.7 Å². The van der Waals surface area contributed by atoms with Crippen molar-refractivity contribution in [1.82, 2.24) is 9.55 Å². The monoisotopic (exact) mass is 350 g/mol. The molecule has 6 nitrogen and oxygen atoms in total. The number of nitrogens with zero attached hydrogens (tertiary/aromatic N) is 1. The minimum absolute atomic E-state index is 0.198. The Balaban J connectivity index is 1.85. The minimum atomic E-state index is -0.607. The zero-order valence-corrected chi connectivity index (χ0v) is 14.2. The van der Waals surface area contributed by atoms with Crippen molar-refractivity contribution in [3.8, 4) is 5.88 Å². The van der Waals surface area contributed by atoms with Crippen LogP contribution in [0.1, 0.15) is 28.3 Å². The van der Waals surface area contributed by atoms with E-state index in [0.717, 1.165) is 24.1 Å². The van der Waals surface area contributed by atoms with Crippen molar-refractivity contribution in [3.05, 3.63) is 97.7 Å². The summed E-state index contributed by atoms with van der Waals surface area (Å²) in [7, 11) is 0. The van der Waals surface area contributed by atoms with Crippen LogP contribution in [-0.2, 0) is 13.0 Å². The van der Waals surface area contributed by atoms with Crippen LogP contribution in [0.25, 0.3) is 0 Å². The van der Waals surface area contributed by atoms with E-state index >= 15 is 0 Å². The molecule has 4 N–H and O–H groups in total. The molecule has 0 saturated carbocycles. The summed E-state index contributed by atoms with van der Waals surface area (Å²) in [5.74, 6) is -0.263. The predicted octanol–water partition coefficient (Wildman–Crippen LogP) is 0.499. The molecule has 0 amide bonds. The molecule has 1 aliphatic heterocycles. The summed E-state index contributed by atoms with van der Waals surface area (Å²) in [6.45, 7) is 1.02. The molecule has 1 aliphatic rings. The van der Waals surface area contributed by atoms with E-state index in [1.54, 1.807) is 0 Å². The lowest BCUT2D eigenvalue weighted by atomic mass is 9.90. The molecule has 1 aromatic heterocycles. The zero-order valence-electron chi connectivity index (χ0n) is 14.2. The summed E-state index contributed by atoms with van der Waals surface area (Å²) in [6.07, 6.45) is 0.912. The number of aromatic nitrogens is 2. The summed E-state index contributed by atoms with van der Waals surface area (Å²) >= 11 is 0. The van der Waals surface area contributed by atoms with Crippen LogP contribution >= 0.6 is 0 Å². The largest absolute Gasteiger partial charge is 0.494 e. The van der Waals surface area contributed by atoms with Crippen LogP contribution in [0.3, 0.4) is 0 Å². The van der Waals surface area contributed by atoms with Gasteiger partial charge in [0.05, 0.1) is 13.1 Å². The first-order valence-corrected chi connectivity index (χ1v) is 8.66. The second-order valence-corrected chi connectivity index (χ2v) is 6.52. The molecule has 0 aliphatic carbocycles. The van der Waals surface area contributed by atoms with Crippen molar-refractivity contribution in [3.63, 3.8) is 0 Å². The number of hydrogen-bond acceptors (Lipinski definition) is 3. The average Bonchev–Trinajstić information content (AvgIpc) is 2.66. The molecule has 1 atom stereocenters. The first-order valence-electron chi connectivity index (χ1n) is 8.66. The van der Waals surface area contributed by atoms with Gasteiger partial charge in [0.25, 0.3) is 5.56 Å². The van der Waals surface area contributed by atoms with Gasteiger partial charge in [-0.3, -0.25) is 14.3 Å². The number of benzene rings is 2. The van der Waals surface area contributed by atoms with Crippen molar-refractivity contribution in [2.75, 3.05) is 6.54 Å². The fraction of sp³-hybridized carbons (Fsp3) is 0.200. The van der Waals surface area contributed by atoms with E-state index in [2.05, 4.69) is 4.98 Å². The maximum absolute atomic E-state index is 12.5. The zero-order chi connectivity index (χ0) is 18.1. The van der Waals surface area contributed by atoms with Crippen LogP contribution in [0.2, 0.25) is 0 Å². The summed E-state index contributed by atoms with van der Waals surface area (Å²) < 4.78 is 1.22. The molecule has 2 aromatic carbocycles. The first kappa shape index (κ1) is 16.4. The van der Waals surface area contributed by atoms with Crippen LogP contribution in [0.5, 0.6) is 5.88 Å². The second-order valence-electron chi connectivity index (χ2n) is 6.52. The van der Waals surface area contributed by atoms with Gasteiger partial charge in [0, 0.05) is 12.0 Å². The van der Waals surface area contributed by atoms with Gasteiger partial charge in [-0.15, -0.1) is 0 Å². The highest BCUT2D eigenvalue weighted by Gasteiger charge is 2.31. The minimum Gasteiger partial charge on any atom is -0.494 e. The van der Waals surface area contributed by atoms with E-state index in [-0.39, 0.29) is 24.0 Å². The Labute approximate surface area is 149 Å². The van der Waals surface area contributed by atoms with Gasteiger partial charge in [-0.25, -0.2) is 4.79 Å². The van der Waals surface area contributed by atoms with E-state index in [4.69, 9.17) is 0 Å². The second kappa shape index (κ2) is 6.65. The van der Waals surface area contributed by atoms with Crippen LogP contribution in [0, 0.1) is 0 Å². The standard InChI is InChI=1S/C20H19N3O3/c24-18-16(17-15-9-5-4-8-14(15)10-11-21-17)19(25)23(20(26)22-18)12-13-6-2-1-3-7-13/h1-9,17,21,25H,10-12H2,(H,22,24,26)/p+1/t17-/m0/s1. The fourth-order valence-corrected chi connectivity index (χ4v) is 3.64. The Hall–Kier alpha value is -3.12. The summed E-state index contributed by atoms with van der Waals surface area (Å²) in [5, 5.41) is 12.8. The Morgan fingerprint density at radius 1 is 1.08 bits per heavy atom. The maximum Gasteiger partial charge on any atom is 0.331 e. The third kappa shape index (κ3) is 2.84. The Morgan fingerprint density at radius 3 is 2.62 bits per heavy atom. The fourth-order valence-electron chi connectivity index (χ4n) is 3.64. The number of hydrogen-bond donors (Lipinski definition) is 3. The van der Waals surface area contributed by atoms with E-state index in [1.165, 1.54) is 10.1 Å². The lowest BCUT2D eigenvalue weighted by molar-refractivity contribution is -0.690. The SMILES string of the molecule is O=c1[nH]c(=O)n(Cc2ccccc2)c(O)c1[C@H]1[NH2+]CCc2ccccc21. The number of rotatable bonds is 3. The maximum atomic E-state index is 12.5. The molecule has 2 heterocycles. The Morgan fingerprint density at radius 2 is 1.81 bits per heavy atom. The molecule has 132 valence electrons. The van der Waals surface area contributed by atoms with Gasteiger partial charge in [0.2, 0.25) is 5.88 Å². The molecule has 26 heavy (non-hydrogen) atoms. The normalized spacial score (nSPS) is 16.2. The van der Waals surface area contributed by atoms with Gasteiger partial charge in [0.15, 0.2) is 0 Å². The number of aromatic hydroxyl groups is 1. The van der Waals surface area contributed by atoms with E-state index in [1.807, 2.05) is 59.9 Å². The molecule has 6 heteroatoms. The van der Waals surface area contributed by atoms with Gasteiger partial charge < -0.3 is 10.4 Å². The van der Waals surface area contributed by atoms with Crippen LogP contribution < -0.4 is 16.6 Å². The van der Waals surface area contributed by atoms with Crippen LogP contribution in [-0.4, -0.2) is 21.2 Å². The molecule has 0 bridgehead atoms. The van der Waals surface area contributed by atoms with Crippen LogP contribution in [0.4, 0.5) is 0 Å². The molecular weight excluding hydrogens is 330 g/mol. The summed E-state index contributed by atoms with van der Waals surface area (Å²) in [5.41, 5.74) is 2.13. The lowest BCUT2D eigenvalue weighted by Gasteiger charge is -2.24. The molecule has 4 rings (SSSR count). The highest BCUT2D eigenvalue weighted by molar-refractivity contribution is 5.39. The first-order chi connectivity index (χ1) is 12.6. The molecule has 0 radical (unpaired) electrons. The van der Waals surface area contributed by atoms with Crippen molar-refractivity contribution in [2.24, 2.45) is 0 Å². The van der Waals surface area contributed by atoms with E-state index in [0.29, 0.717) is 0 Å². The van der Waals surface area contributed by atoms with Crippen molar-refractivity contribution < 1.29 is 10.4 Å². The molecule has 0 spiro atoms.